The van der Waals surface area contributed by atoms with E-state index in [-0.39, 0.29) is 6.04 Å². The molecule has 2 aliphatic rings. The SMILES string of the molecule is CCc1nc2cccnc2n1[C@@H]1CCN(S(=O)(=O)c2ccc3c(c2)CCC3)C1. The lowest BCUT2D eigenvalue weighted by Gasteiger charge is -2.19. The van der Waals surface area contributed by atoms with Crippen LogP contribution in [0.1, 0.15) is 42.8 Å². The number of pyridine rings is 1. The highest BCUT2D eigenvalue weighted by atomic mass is 32.2. The number of hydrogen-bond donors (Lipinski definition) is 0. The Morgan fingerprint density at radius 2 is 2.04 bits per heavy atom. The van der Waals surface area contributed by atoms with E-state index in [1.54, 1.807) is 16.6 Å². The molecule has 5 rings (SSSR count). The van der Waals surface area contributed by atoms with Crippen LogP contribution in [-0.2, 0) is 29.3 Å². The number of aryl methyl sites for hydroxylation is 3. The fraction of sp³-hybridized carbons (Fsp3) is 0.429. The van der Waals surface area contributed by atoms with Crippen LogP contribution in [0, 0.1) is 0 Å². The zero-order valence-corrected chi connectivity index (χ0v) is 16.8. The Morgan fingerprint density at radius 3 is 2.89 bits per heavy atom. The van der Waals surface area contributed by atoms with E-state index >= 15 is 0 Å². The van der Waals surface area contributed by atoms with Crippen molar-refractivity contribution in [3.8, 4) is 0 Å². The molecule has 0 saturated carbocycles. The summed E-state index contributed by atoms with van der Waals surface area (Å²) in [6.45, 7) is 3.07. The van der Waals surface area contributed by atoms with E-state index in [0.717, 1.165) is 49.1 Å². The van der Waals surface area contributed by atoms with E-state index in [1.165, 1.54) is 11.1 Å². The van der Waals surface area contributed by atoms with Crippen LogP contribution >= 0.6 is 0 Å². The van der Waals surface area contributed by atoms with E-state index < -0.39 is 10.0 Å². The summed E-state index contributed by atoms with van der Waals surface area (Å²) in [6, 6.07) is 9.57. The monoisotopic (exact) mass is 396 g/mol. The van der Waals surface area contributed by atoms with Crippen LogP contribution in [0.4, 0.5) is 0 Å². The van der Waals surface area contributed by atoms with Crippen molar-refractivity contribution in [3.63, 3.8) is 0 Å². The van der Waals surface area contributed by atoms with Gasteiger partial charge in [-0.15, -0.1) is 0 Å². The average molecular weight is 397 g/mol. The molecule has 6 nitrogen and oxygen atoms in total. The Morgan fingerprint density at radius 1 is 1.18 bits per heavy atom. The van der Waals surface area contributed by atoms with Gasteiger partial charge in [-0.1, -0.05) is 13.0 Å². The summed E-state index contributed by atoms with van der Waals surface area (Å²) in [4.78, 5) is 9.63. The minimum absolute atomic E-state index is 0.0686. The highest BCUT2D eigenvalue weighted by Crippen LogP contribution is 2.32. The number of sulfonamides is 1. The first kappa shape index (κ1) is 17.8. The minimum Gasteiger partial charge on any atom is -0.308 e. The van der Waals surface area contributed by atoms with Gasteiger partial charge in [0.2, 0.25) is 10.0 Å². The van der Waals surface area contributed by atoms with Gasteiger partial charge in [0.25, 0.3) is 0 Å². The number of benzene rings is 1. The van der Waals surface area contributed by atoms with Crippen molar-refractivity contribution in [1.29, 1.82) is 0 Å². The van der Waals surface area contributed by atoms with E-state index in [2.05, 4.69) is 16.5 Å². The van der Waals surface area contributed by atoms with Gasteiger partial charge in [-0.25, -0.2) is 18.4 Å². The predicted molar refractivity (Wildman–Crippen MR) is 108 cm³/mol. The first-order valence-corrected chi connectivity index (χ1v) is 11.5. The maximum atomic E-state index is 13.3. The lowest BCUT2D eigenvalue weighted by atomic mass is 10.1. The van der Waals surface area contributed by atoms with Crippen LogP contribution < -0.4 is 0 Å². The molecule has 146 valence electrons. The summed E-state index contributed by atoms with van der Waals surface area (Å²) in [7, 11) is -3.48. The van der Waals surface area contributed by atoms with Gasteiger partial charge in [0.1, 0.15) is 11.3 Å². The van der Waals surface area contributed by atoms with Gasteiger partial charge >= 0.3 is 0 Å². The average Bonchev–Trinajstić information content (AvgIpc) is 3.43. The predicted octanol–water partition coefficient (Wildman–Crippen LogP) is 3.12. The van der Waals surface area contributed by atoms with Gasteiger partial charge in [-0.2, -0.15) is 4.31 Å². The Kier molecular flexibility index (Phi) is 4.25. The van der Waals surface area contributed by atoms with Gasteiger partial charge in [0, 0.05) is 25.7 Å². The molecular weight excluding hydrogens is 372 g/mol. The number of rotatable bonds is 4. The lowest BCUT2D eigenvalue weighted by Crippen LogP contribution is -2.29. The van der Waals surface area contributed by atoms with E-state index in [4.69, 9.17) is 4.98 Å². The molecule has 0 unspecified atom stereocenters. The summed E-state index contributed by atoms with van der Waals surface area (Å²) in [5, 5.41) is 0. The normalized spacial score (nSPS) is 20.1. The topological polar surface area (TPSA) is 68.1 Å². The molecule has 0 N–H and O–H groups in total. The molecule has 1 aliphatic heterocycles. The number of imidazole rings is 1. The van der Waals surface area contributed by atoms with Crippen LogP contribution in [0.5, 0.6) is 0 Å². The summed E-state index contributed by atoms with van der Waals surface area (Å²) in [5.41, 5.74) is 4.21. The molecule has 0 radical (unpaired) electrons. The third-order valence-electron chi connectivity index (χ3n) is 6.04. The standard InChI is InChI=1S/C21H24N4O2S/c1-2-20-23-19-7-4-11-22-21(19)25(20)17-10-12-24(14-17)28(26,27)18-9-8-15-5-3-6-16(15)13-18/h4,7-9,11,13,17H,2-3,5-6,10,12,14H2,1H3/t17-/m1/s1. The van der Waals surface area contributed by atoms with Gasteiger partial charge in [0.05, 0.1) is 10.9 Å². The molecule has 1 aliphatic carbocycles. The summed E-state index contributed by atoms with van der Waals surface area (Å²) in [6.07, 6.45) is 6.50. The molecule has 1 fully saturated rings. The number of aromatic nitrogens is 3. The van der Waals surface area contributed by atoms with Crippen molar-refractivity contribution in [1.82, 2.24) is 18.8 Å². The van der Waals surface area contributed by atoms with Crippen LogP contribution in [0.2, 0.25) is 0 Å². The highest BCUT2D eigenvalue weighted by molar-refractivity contribution is 7.89. The Hall–Kier alpha value is -2.25. The molecule has 0 amide bonds. The van der Waals surface area contributed by atoms with Crippen molar-refractivity contribution in [2.75, 3.05) is 13.1 Å². The fourth-order valence-corrected chi connectivity index (χ4v) is 6.15. The van der Waals surface area contributed by atoms with Crippen molar-refractivity contribution in [3.05, 3.63) is 53.5 Å². The van der Waals surface area contributed by atoms with Gasteiger partial charge in [-0.05, 0) is 61.1 Å². The Labute approximate surface area is 165 Å². The fourth-order valence-electron chi connectivity index (χ4n) is 4.61. The molecule has 7 heteroatoms. The van der Waals surface area contributed by atoms with Crippen molar-refractivity contribution in [2.24, 2.45) is 0 Å². The van der Waals surface area contributed by atoms with Crippen molar-refractivity contribution >= 4 is 21.2 Å². The van der Waals surface area contributed by atoms with Crippen LogP contribution in [0.25, 0.3) is 11.2 Å². The maximum Gasteiger partial charge on any atom is 0.243 e. The zero-order chi connectivity index (χ0) is 19.3. The smallest absolute Gasteiger partial charge is 0.243 e. The highest BCUT2D eigenvalue weighted by Gasteiger charge is 2.35. The second kappa shape index (κ2) is 6.67. The molecule has 1 atom stereocenters. The first-order valence-electron chi connectivity index (χ1n) is 10.0. The van der Waals surface area contributed by atoms with Crippen LogP contribution in [-0.4, -0.2) is 40.3 Å². The molecule has 3 heterocycles. The number of nitrogens with zero attached hydrogens (tertiary/aromatic N) is 4. The maximum absolute atomic E-state index is 13.3. The van der Waals surface area contributed by atoms with Gasteiger partial charge in [-0.3, -0.25) is 0 Å². The largest absolute Gasteiger partial charge is 0.308 e. The van der Waals surface area contributed by atoms with E-state index in [0.29, 0.717) is 18.0 Å². The molecule has 1 aromatic carbocycles. The summed E-state index contributed by atoms with van der Waals surface area (Å²) in [5.74, 6) is 0.968. The van der Waals surface area contributed by atoms with Crippen LogP contribution in [0.15, 0.2) is 41.4 Å². The lowest BCUT2D eigenvalue weighted by molar-refractivity contribution is 0.450. The van der Waals surface area contributed by atoms with Gasteiger partial charge < -0.3 is 4.57 Å². The third kappa shape index (κ3) is 2.76. The summed E-state index contributed by atoms with van der Waals surface area (Å²) < 4.78 is 30.3. The minimum atomic E-state index is -3.48. The Balaban J connectivity index is 1.46. The molecule has 1 saturated heterocycles. The third-order valence-corrected chi connectivity index (χ3v) is 7.90. The number of fused-ring (bicyclic) bond motifs is 2. The molecule has 0 bridgehead atoms. The molecule has 3 aromatic rings. The van der Waals surface area contributed by atoms with Crippen LogP contribution in [0.3, 0.4) is 0 Å². The number of hydrogen-bond acceptors (Lipinski definition) is 4. The Bertz CT molecular complexity index is 1150. The molecule has 28 heavy (non-hydrogen) atoms. The van der Waals surface area contributed by atoms with E-state index in [9.17, 15) is 8.42 Å². The van der Waals surface area contributed by atoms with E-state index in [1.807, 2.05) is 24.3 Å². The zero-order valence-electron chi connectivity index (χ0n) is 16.0. The van der Waals surface area contributed by atoms with Gasteiger partial charge in [0.15, 0.2) is 5.65 Å². The molecular formula is C21H24N4O2S. The molecule has 2 aromatic heterocycles. The second-order valence-electron chi connectivity index (χ2n) is 7.69. The second-order valence-corrected chi connectivity index (χ2v) is 9.63. The van der Waals surface area contributed by atoms with Crippen molar-refractivity contribution < 1.29 is 8.42 Å². The quantitative estimate of drug-likeness (QED) is 0.680. The summed E-state index contributed by atoms with van der Waals surface area (Å²) >= 11 is 0. The first-order chi connectivity index (χ1) is 13.6. The van der Waals surface area contributed by atoms with Crippen molar-refractivity contribution in [2.45, 2.75) is 50.0 Å². The molecule has 0 spiro atoms.